The van der Waals surface area contributed by atoms with Crippen LogP contribution < -0.4 is 10.6 Å². The van der Waals surface area contributed by atoms with E-state index in [0.717, 1.165) is 35.6 Å². The van der Waals surface area contributed by atoms with E-state index >= 15 is 0 Å². The fourth-order valence-corrected chi connectivity index (χ4v) is 2.76. The molecule has 1 heterocycles. The van der Waals surface area contributed by atoms with E-state index in [1.165, 1.54) is 0 Å². The summed E-state index contributed by atoms with van der Waals surface area (Å²) in [6.45, 7) is 5.29. The smallest absolute Gasteiger partial charge is 0.191 e. The second kappa shape index (κ2) is 9.07. The van der Waals surface area contributed by atoms with E-state index in [1.807, 2.05) is 17.7 Å². The molecule has 1 aromatic rings. The standard InChI is InChI=1S/C11H18N4S2/c1-3-5-13-10(12-2)14-6-4-8-16-11-15-7-9-17-11/h3,7,9H,1,4-6,8H2,2H3,(H2,12,13,14). The van der Waals surface area contributed by atoms with Crippen molar-refractivity contribution in [2.45, 2.75) is 10.8 Å². The largest absolute Gasteiger partial charge is 0.356 e. The Morgan fingerprint density at radius 3 is 3.18 bits per heavy atom. The van der Waals surface area contributed by atoms with E-state index in [9.17, 15) is 0 Å². The van der Waals surface area contributed by atoms with Gasteiger partial charge in [-0.15, -0.1) is 17.9 Å². The fraction of sp³-hybridized carbons (Fsp3) is 0.455. The first-order valence-electron chi connectivity index (χ1n) is 5.44. The minimum absolute atomic E-state index is 0.730. The molecule has 6 heteroatoms. The minimum atomic E-state index is 0.730. The Morgan fingerprint density at radius 1 is 1.65 bits per heavy atom. The van der Waals surface area contributed by atoms with Gasteiger partial charge in [-0.3, -0.25) is 4.99 Å². The van der Waals surface area contributed by atoms with Crippen molar-refractivity contribution in [1.29, 1.82) is 0 Å². The molecular formula is C11H18N4S2. The topological polar surface area (TPSA) is 49.3 Å². The summed E-state index contributed by atoms with van der Waals surface area (Å²) in [7, 11) is 1.77. The third-order valence-corrected chi connectivity index (χ3v) is 3.94. The van der Waals surface area contributed by atoms with Gasteiger partial charge in [0.2, 0.25) is 0 Å². The van der Waals surface area contributed by atoms with Gasteiger partial charge in [0.1, 0.15) is 4.34 Å². The molecule has 17 heavy (non-hydrogen) atoms. The van der Waals surface area contributed by atoms with E-state index in [4.69, 9.17) is 0 Å². The van der Waals surface area contributed by atoms with Crippen LogP contribution in [0.3, 0.4) is 0 Å². The molecule has 0 saturated heterocycles. The molecule has 0 fully saturated rings. The van der Waals surface area contributed by atoms with Crippen molar-refractivity contribution in [2.24, 2.45) is 4.99 Å². The quantitative estimate of drug-likeness (QED) is 0.261. The highest BCUT2D eigenvalue weighted by molar-refractivity contribution is 8.00. The number of nitrogens with zero attached hydrogens (tertiary/aromatic N) is 2. The van der Waals surface area contributed by atoms with Gasteiger partial charge in [0, 0.05) is 37.5 Å². The Morgan fingerprint density at radius 2 is 2.53 bits per heavy atom. The summed E-state index contributed by atoms with van der Waals surface area (Å²) in [5, 5.41) is 8.37. The Kier molecular flexibility index (Phi) is 7.49. The van der Waals surface area contributed by atoms with Crippen molar-refractivity contribution in [3.05, 3.63) is 24.2 Å². The average molecular weight is 270 g/mol. The number of thioether (sulfide) groups is 1. The number of nitrogens with one attached hydrogen (secondary N) is 2. The van der Waals surface area contributed by atoms with Gasteiger partial charge in [-0.25, -0.2) is 4.98 Å². The molecule has 0 unspecified atom stereocenters. The first-order chi connectivity index (χ1) is 8.36. The third kappa shape index (κ3) is 6.33. The molecule has 0 amide bonds. The van der Waals surface area contributed by atoms with Crippen molar-refractivity contribution in [1.82, 2.24) is 15.6 Å². The summed E-state index contributed by atoms with van der Waals surface area (Å²) in [4.78, 5) is 8.32. The number of guanidine groups is 1. The average Bonchev–Trinajstić information content (AvgIpc) is 2.85. The van der Waals surface area contributed by atoms with Crippen LogP contribution in [0.4, 0.5) is 0 Å². The lowest BCUT2D eigenvalue weighted by Gasteiger charge is -2.09. The van der Waals surface area contributed by atoms with E-state index in [1.54, 1.807) is 30.1 Å². The Bertz CT molecular complexity index is 335. The molecular weight excluding hydrogens is 252 g/mol. The Labute approximate surface area is 111 Å². The second-order valence-electron chi connectivity index (χ2n) is 3.17. The third-order valence-electron chi connectivity index (χ3n) is 1.89. The normalized spacial score (nSPS) is 11.2. The lowest BCUT2D eigenvalue weighted by Crippen LogP contribution is -2.37. The summed E-state index contributed by atoms with van der Waals surface area (Å²) in [6, 6.07) is 0. The number of aliphatic imine (C=N–C) groups is 1. The summed E-state index contributed by atoms with van der Waals surface area (Å²) in [5.41, 5.74) is 0. The molecule has 0 aliphatic heterocycles. The molecule has 0 aliphatic carbocycles. The highest BCUT2D eigenvalue weighted by Crippen LogP contribution is 2.20. The Balaban J connectivity index is 2.04. The van der Waals surface area contributed by atoms with Gasteiger partial charge >= 0.3 is 0 Å². The van der Waals surface area contributed by atoms with Crippen LogP contribution in [0.15, 0.2) is 33.6 Å². The maximum atomic E-state index is 4.22. The van der Waals surface area contributed by atoms with Gasteiger partial charge < -0.3 is 10.6 Å². The van der Waals surface area contributed by atoms with Gasteiger partial charge in [0.25, 0.3) is 0 Å². The van der Waals surface area contributed by atoms with Crippen LogP contribution >= 0.6 is 23.1 Å². The molecule has 0 spiro atoms. The van der Waals surface area contributed by atoms with Crippen LogP contribution in [0, 0.1) is 0 Å². The van der Waals surface area contributed by atoms with Crippen LogP contribution in [0.5, 0.6) is 0 Å². The van der Waals surface area contributed by atoms with Crippen molar-refractivity contribution in [3.63, 3.8) is 0 Å². The zero-order valence-corrected chi connectivity index (χ0v) is 11.6. The van der Waals surface area contributed by atoms with Crippen molar-refractivity contribution >= 4 is 29.1 Å². The zero-order chi connectivity index (χ0) is 12.3. The maximum absolute atomic E-state index is 4.22. The second-order valence-corrected chi connectivity index (χ2v) is 5.41. The number of hydrogen-bond acceptors (Lipinski definition) is 4. The lowest BCUT2D eigenvalue weighted by molar-refractivity contribution is 0.809. The summed E-state index contributed by atoms with van der Waals surface area (Å²) in [6.07, 6.45) is 4.73. The van der Waals surface area contributed by atoms with Gasteiger partial charge in [-0.1, -0.05) is 17.8 Å². The van der Waals surface area contributed by atoms with E-state index in [-0.39, 0.29) is 0 Å². The first kappa shape index (κ1) is 14.1. The molecule has 1 rings (SSSR count). The molecule has 0 saturated carbocycles. The van der Waals surface area contributed by atoms with Crippen molar-refractivity contribution in [2.75, 3.05) is 25.9 Å². The fourth-order valence-electron chi connectivity index (χ4n) is 1.11. The zero-order valence-electron chi connectivity index (χ0n) is 9.98. The van der Waals surface area contributed by atoms with E-state index < -0.39 is 0 Å². The van der Waals surface area contributed by atoms with Crippen LogP contribution in [0.2, 0.25) is 0 Å². The molecule has 0 radical (unpaired) electrons. The molecule has 0 aromatic carbocycles. The van der Waals surface area contributed by atoms with Crippen LogP contribution in [0.25, 0.3) is 0 Å². The Hall–Kier alpha value is -1.01. The van der Waals surface area contributed by atoms with Crippen LogP contribution in [-0.4, -0.2) is 36.8 Å². The van der Waals surface area contributed by atoms with Crippen molar-refractivity contribution in [3.8, 4) is 0 Å². The molecule has 1 aromatic heterocycles. The summed E-state index contributed by atoms with van der Waals surface area (Å²) >= 11 is 3.48. The highest BCUT2D eigenvalue weighted by atomic mass is 32.2. The molecule has 94 valence electrons. The molecule has 0 atom stereocenters. The number of aromatic nitrogens is 1. The van der Waals surface area contributed by atoms with Crippen LogP contribution in [0.1, 0.15) is 6.42 Å². The number of rotatable bonds is 7. The monoisotopic (exact) mass is 270 g/mol. The molecule has 4 nitrogen and oxygen atoms in total. The van der Waals surface area contributed by atoms with Gasteiger partial charge in [-0.05, 0) is 6.42 Å². The lowest BCUT2D eigenvalue weighted by atomic mass is 10.5. The van der Waals surface area contributed by atoms with Gasteiger partial charge in [-0.2, -0.15) is 0 Å². The molecule has 0 aliphatic rings. The number of thiazole rings is 1. The molecule has 0 bridgehead atoms. The predicted octanol–water partition coefficient (Wildman–Crippen LogP) is 1.98. The molecule has 2 N–H and O–H groups in total. The highest BCUT2D eigenvalue weighted by Gasteiger charge is 1.97. The maximum Gasteiger partial charge on any atom is 0.191 e. The first-order valence-corrected chi connectivity index (χ1v) is 7.31. The van der Waals surface area contributed by atoms with Crippen LogP contribution in [-0.2, 0) is 0 Å². The van der Waals surface area contributed by atoms with E-state index in [2.05, 4.69) is 27.2 Å². The van der Waals surface area contributed by atoms with Gasteiger partial charge in [0.15, 0.2) is 5.96 Å². The predicted molar refractivity (Wildman–Crippen MR) is 77.0 cm³/mol. The minimum Gasteiger partial charge on any atom is -0.356 e. The van der Waals surface area contributed by atoms with Gasteiger partial charge in [0.05, 0.1) is 0 Å². The summed E-state index contributed by atoms with van der Waals surface area (Å²) in [5.74, 6) is 1.89. The number of hydrogen-bond donors (Lipinski definition) is 2. The van der Waals surface area contributed by atoms with Crippen molar-refractivity contribution < 1.29 is 0 Å². The van der Waals surface area contributed by atoms with E-state index in [0.29, 0.717) is 0 Å². The SMILES string of the molecule is C=CCNC(=NC)NCCCSc1nccs1. The summed E-state index contributed by atoms with van der Waals surface area (Å²) < 4.78 is 1.14.